The van der Waals surface area contributed by atoms with Gasteiger partial charge in [0.25, 0.3) is 0 Å². The topological polar surface area (TPSA) is 65.5 Å². The summed E-state index contributed by atoms with van der Waals surface area (Å²) in [6.07, 6.45) is 1.48. The number of halogens is 1. The van der Waals surface area contributed by atoms with Crippen molar-refractivity contribution in [3.8, 4) is 16.9 Å². The fourth-order valence-electron chi connectivity index (χ4n) is 3.44. The number of hydrogen-bond donors (Lipinski definition) is 1. The van der Waals surface area contributed by atoms with E-state index < -0.39 is 0 Å². The van der Waals surface area contributed by atoms with E-state index in [1.54, 1.807) is 19.2 Å². The van der Waals surface area contributed by atoms with Crippen LogP contribution in [0.15, 0.2) is 42.7 Å². The molecule has 2 heterocycles. The lowest BCUT2D eigenvalue weighted by atomic mass is 10.0. The number of ether oxygens (including phenoxy) is 3. The summed E-state index contributed by atoms with van der Waals surface area (Å²) in [7, 11) is 1.61. The van der Waals surface area contributed by atoms with Crippen LogP contribution in [-0.4, -0.2) is 49.0 Å². The molecule has 7 heteroatoms. The Morgan fingerprint density at radius 3 is 2.71 bits per heavy atom. The Morgan fingerprint density at radius 1 is 1.14 bits per heavy atom. The van der Waals surface area contributed by atoms with Gasteiger partial charge in [-0.25, -0.2) is 14.4 Å². The Labute approximate surface area is 162 Å². The number of rotatable bonds is 6. The summed E-state index contributed by atoms with van der Waals surface area (Å²) in [5.41, 5.74) is 2.48. The first-order valence-corrected chi connectivity index (χ1v) is 9.24. The monoisotopic (exact) mass is 383 g/mol. The SMILES string of the molecule is CCOC1COC[C@@H]1Nc1ncnc2c(OC)cc(-c3ccc(F)cc3)cc12. The van der Waals surface area contributed by atoms with Crippen molar-refractivity contribution in [2.24, 2.45) is 0 Å². The highest BCUT2D eigenvalue weighted by atomic mass is 19.1. The number of methoxy groups -OCH3 is 1. The molecule has 0 amide bonds. The van der Waals surface area contributed by atoms with Gasteiger partial charge >= 0.3 is 0 Å². The van der Waals surface area contributed by atoms with Gasteiger partial charge in [-0.05, 0) is 42.3 Å². The van der Waals surface area contributed by atoms with Crippen LogP contribution in [0, 0.1) is 5.82 Å². The first kappa shape index (κ1) is 18.6. The molecule has 146 valence electrons. The number of hydrogen-bond acceptors (Lipinski definition) is 6. The molecule has 28 heavy (non-hydrogen) atoms. The molecule has 1 fully saturated rings. The van der Waals surface area contributed by atoms with Gasteiger partial charge in [0.15, 0.2) is 0 Å². The molecule has 1 unspecified atom stereocenters. The third-order valence-corrected chi connectivity index (χ3v) is 4.83. The van der Waals surface area contributed by atoms with Crippen LogP contribution in [0.25, 0.3) is 22.0 Å². The van der Waals surface area contributed by atoms with E-state index in [2.05, 4.69) is 15.3 Å². The molecule has 1 aliphatic rings. The van der Waals surface area contributed by atoms with Crippen LogP contribution in [0.4, 0.5) is 10.2 Å². The van der Waals surface area contributed by atoms with E-state index in [4.69, 9.17) is 14.2 Å². The second-order valence-corrected chi connectivity index (χ2v) is 6.59. The first-order chi connectivity index (χ1) is 13.7. The summed E-state index contributed by atoms with van der Waals surface area (Å²) >= 11 is 0. The maximum absolute atomic E-state index is 13.3. The molecule has 6 nitrogen and oxygen atoms in total. The van der Waals surface area contributed by atoms with Crippen molar-refractivity contribution in [3.63, 3.8) is 0 Å². The molecule has 1 saturated heterocycles. The van der Waals surface area contributed by atoms with E-state index >= 15 is 0 Å². The van der Waals surface area contributed by atoms with Crippen molar-refractivity contribution >= 4 is 16.7 Å². The van der Waals surface area contributed by atoms with Crippen molar-refractivity contribution in [1.29, 1.82) is 0 Å². The second kappa shape index (κ2) is 8.08. The maximum Gasteiger partial charge on any atom is 0.145 e. The second-order valence-electron chi connectivity index (χ2n) is 6.59. The molecular formula is C21H22FN3O3. The van der Waals surface area contributed by atoms with Gasteiger partial charge in [0, 0.05) is 12.0 Å². The van der Waals surface area contributed by atoms with Crippen molar-refractivity contribution in [2.45, 2.75) is 19.1 Å². The number of nitrogens with one attached hydrogen (secondary N) is 1. The van der Waals surface area contributed by atoms with Crippen molar-refractivity contribution in [1.82, 2.24) is 9.97 Å². The zero-order chi connectivity index (χ0) is 19.5. The number of benzene rings is 2. The average Bonchev–Trinajstić information content (AvgIpc) is 3.15. The Morgan fingerprint density at radius 2 is 1.96 bits per heavy atom. The van der Waals surface area contributed by atoms with E-state index in [0.29, 0.717) is 36.9 Å². The van der Waals surface area contributed by atoms with Gasteiger partial charge in [0.05, 0.1) is 26.4 Å². The van der Waals surface area contributed by atoms with Crippen molar-refractivity contribution < 1.29 is 18.6 Å². The quantitative estimate of drug-likeness (QED) is 0.701. The summed E-state index contributed by atoms with van der Waals surface area (Å²) in [4.78, 5) is 8.83. The molecule has 0 bridgehead atoms. The molecule has 1 aliphatic heterocycles. The van der Waals surface area contributed by atoms with Crippen LogP contribution in [0.1, 0.15) is 6.92 Å². The summed E-state index contributed by atoms with van der Waals surface area (Å²) < 4.78 is 30.2. The highest BCUT2D eigenvalue weighted by Crippen LogP contribution is 2.34. The smallest absolute Gasteiger partial charge is 0.145 e. The van der Waals surface area contributed by atoms with E-state index in [-0.39, 0.29) is 18.0 Å². The molecule has 3 aromatic rings. The van der Waals surface area contributed by atoms with Gasteiger partial charge in [0.2, 0.25) is 0 Å². The lowest BCUT2D eigenvalue weighted by Gasteiger charge is -2.20. The van der Waals surface area contributed by atoms with Gasteiger partial charge in [-0.3, -0.25) is 0 Å². The zero-order valence-corrected chi connectivity index (χ0v) is 15.8. The molecule has 1 aromatic heterocycles. The van der Waals surface area contributed by atoms with Gasteiger partial charge in [-0.2, -0.15) is 0 Å². The Kier molecular flexibility index (Phi) is 5.36. The third-order valence-electron chi connectivity index (χ3n) is 4.83. The highest BCUT2D eigenvalue weighted by Gasteiger charge is 2.29. The Bertz CT molecular complexity index is 965. The predicted molar refractivity (Wildman–Crippen MR) is 105 cm³/mol. The summed E-state index contributed by atoms with van der Waals surface area (Å²) in [6.45, 7) is 3.69. The lowest BCUT2D eigenvalue weighted by Crippen LogP contribution is -2.34. The third kappa shape index (κ3) is 3.63. The predicted octanol–water partition coefficient (Wildman–Crippen LogP) is 3.66. The van der Waals surface area contributed by atoms with Crippen LogP contribution in [0.2, 0.25) is 0 Å². The number of fused-ring (bicyclic) bond motifs is 1. The van der Waals surface area contributed by atoms with Crippen LogP contribution in [0.3, 0.4) is 0 Å². The molecule has 4 rings (SSSR count). The standard InChI is InChI=1S/C21H22FN3O3/c1-3-28-19-11-27-10-17(19)25-21-16-8-14(13-4-6-15(22)7-5-13)9-18(26-2)20(16)23-12-24-21/h4-9,12,17,19H,3,10-11H2,1-2H3,(H,23,24,25)/t17-,19?/m0/s1. The number of nitrogens with zero attached hydrogens (tertiary/aromatic N) is 2. The summed E-state index contributed by atoms with van der Waals surface area (Å²) in [6, 6.07) is 10.2. The van der Waals surface area contributed by atoms with Crippen molar-refractivity contribution in [3.05, 3.63) is 48.5 Å². The summed E-state index contributed by atoms with van der Waals surface area (Å²) in [5.74, 6) is 1.05. The summed E-state index contributed by atoms with van der Waals surface area (Å²) in [5, 5.41) is 4.26. The van der Waals surface area contributed by atoms with Gasteiger partial charge in [-0.1, -0.05) is 12.1 Å². The van der Waals surface area contributed by atoms with Crippen molar-refractivity contribution in [2.75, 3.05) is 32.2 Å². The fraction of sp³-hybridized carbons (Fsp3) is 0.333. The van der Waals surface area contributed by atoms with Gasteiger partial charge in [0.1, 0.15) is 35.3 Å². The molecular weight excluding hydrogens is 361 g/mol. The molecule has 0 spiro atoms. The number of aromatic nitrogens is 2. The number of anilines is 1. The van der Waals surface area contributed by atoms with Gasteiger partial charge < -0.3 is 19.5 Å². The minimum Gasteiger partial charge on any atom is -0.494 e. The van der Waals surface area contributed by atoms with E-state index in [0.717, 1.165) is 16.5 Å². The fourth-order valence-corrected chi connectivity index (χ4v) is 3.44. The Balaban J connectivity index is 1.76. The molecule has 0 saturated carbocycles. The molecule has 0 aliphatic carbocycles. The largest absolute Gasteiger partial charge is 0.494 e. The maximum atomic E-state index is 13.3. The molecule has 2 aromatic carbocycles. The minimum absolute atomic E-state index is 0.00137. The molecule has 0 radical (unpaired) electrons. The van der Waals surface area contributed by atoms with Crippen LogP contribution in [-0.2, 0) is 9.47 Å². The minimum atomic E-state index is -0.273. The van der Waals surface area contributed by atoms with Crippen LogP contribution < -0.4 is 10.1 Å². The lowest BCUT2D eigenvalue weighted by molar-refractivity contribution is 0.0478. The van der Waals surface area contributed by atoms with E-state index in [1.807, 2.05) is 19.1 Å². The van der Waals surface area contributed by atoms with Gasteiger partial charge in [-0.15, -0.1) is 0 Å². The zero-order valence-electron chi connectivity index (χ0n) is 15.8. The Hall–Kier alpha value is -2.77. The molecule has 1 N–H and O–H groups in total. The average molecular weight is 383 g/mol. The first-order valence-electron chi connectivity index (χ1n) is 9.24. The van der Waals surface area contributed by atoms with Crippen LogP contribution >= 0.6 is 0 Å². The highest BCUT2D eigenvalue weighted by molar-refractivity contribution is 5.96. The van der Waals surface area contributed by atoms with E-state index in [1.165, 1.54) is 18.5 Å². The van der Waals surface area contributed by atoms with Crippen LogP contribution in [0.5, 0.6) is 5.75 Å². The normalized spacial score (nSPS) is 19.1. The molecule has 2 atom stereocenters. The van der Waals surface area contributed by atoms with E-state index in [9.17, 15) is 4.39 Å².